The van der Waals surface area contributed by atoms with Gasteiger partial charge in [-0.05, 0) is 18.2 Å². The molecule has 1 aromatic rings. The maximum atomic E-state index is 12.1. The highest BCUT2D eigenvalue weighted by Crippen LogP contribution is 2.14. The number of benzene rings is 1. The maximum absolute atomic E-state index is 12.1. The summed E-state index contributed by atoms with van der Waals surface area (Å²) in [7, 11) is 3.98. The van der Waals surface area contributed by atoms with Crippen LogP contribution in [0.4, 0.5) is 0 Å². The zero-order chi connectivity index (χ0) is 16.0. The summed E-state index contributed by atoms with van der Waals surface area (Å²) >= 11 is 5.80. The first-order valence-corrected chi connectivity index (χ1v) is 8.24. The van der Waals surface area contributed by atoms with Crippen LogP contribution in [0.25, 0.3) is 0 Å². The van der Waals surface area contributed by atoms with Gasteiger partial charge in [0.15, 0.2) is 5.96 Å². The lowest BCUT2D eigenvalue weighted by molar-refractivity contribution is 0.479. The molecule has 0 aromatic heterocycles. The van der Waals surface area contributed by atoms with Crippen molar-refractivity contribution in [1.82, 2.24) is 14.5 Å². The summed E-state index contributed by atoms with van der Waals surface area (Å²) < 4.78 is 26.6. The van der Waals surface area contributed by atoms with E-state index in [1.807, 2.05) is 38.0 Å². The molecule has 22 heavy (non-hydrogen) atoms. The molecule has 0 saturated carbocycles. The van der Waals surface area contributed by atoms with Crippen LogP contribution in [0.2, 0.25) is 5.02 Å². The minimum absolute atomic E-state index is 0. The highest BCUT2D eigenvalue weighted by molar-refractivity contribution is 14.0. The molecule has 0 fully saturated rings. The molecule has 1 N–H and O–H groups in total. The molecule has 0 heterocycles. The minimum atomic E-state index is -3.55. The fourth-order valence-corrected chi connectivity index (χ4v) is 3.06. The molecule has 1 rings (SSSR count). The lowest BCUT2D eigenvalue weighted by atomic mass is 10.4. The van der Waals surface area contributed by atoms with Crippen LogP contribution >= 0.6 is 35.6 Å². The van der Waals surface area contributed by atoms with E-state index in [0.717, 1.165) is 5.96 Å². The maximum Gasteiger partial charge on any atom is 0.240 e. The van der Waals surface area contributed by atoms with Crippen LogP contribution < -0.4 is 4.72 Å². The Morgan fingerprint density at radius 1 is 1.23 bits per heavy atom. The number of halogens is 2. The van der Waals surface area contributed by atoms with Crippen LogP contribution in [0.5, 0.6) is 0 Å². The Morgan fingerprint density at radius 2 is 1.82 bits per heavy atom. The number of hydrogen-bond donors (Lipinski definition) is 1. The van der Waals surface area contributed by atoms with Crippen LogP contribution in [0.3, 0.4) is 0 Å². The molecule has 1 aromatic carbocycles. The van der Waals surface area contributed by atoms with E-state index in [4.69, 9.17) is 11.6 Å². The Kier molecular flexibility index (Phi) is 9.28. The molecule has 0 saturated heterocycles. The van der Waals surface area contributed by atoms with Crippen molar-refractivity contribution in [2.75, 3.05) is 41.3 Å². The number of guanidine groups is 1. The first-order valence-electron chi connectivity index (χ1n) is 6.38. The Labute approximate surface area is 154 Å². The van der Waals surface area contributed by atoms with E-state index in [0.29, 0.717) is 11.6 Å². The Morgan fingerprint density at radius 3 is 2.32 bits per heavy atom. The monoisotopic (exact) mass is 460 g/mol. The van der Waals surface area contributed by atoms with E-state index in [-0.39, 0.29) is 35.4 Å². The first-order chi connectivity index (χ1) is 9.74. The van der Waals surface area contributed by atoms with Gasteiger partial charge in [0, 0.05) is 39.8 Å². The van der Waals surface area contributed by atoms with Gasteiger partial charge in [-0.3, -0.25) is 4.99 Å². The average molecular weight is 461 g/mol. The molecule has 6 nitrogen and oxygen atoms in total. The predicted molar refractivity (Wildman–Crippen MR) is 102 cm³/mol. The van der Waals surface area contributed by atoms with Crippen LogP contribution in [0, 0.1) is 0 Å². The van der Waals surface area contributed by atoms with Crippen molar-refractivity contribution >= 4 is 51.6 Å². The fourth-order valence-electron chi connectivity index (χ4n) is 1.74. The van der Waals surface area contributed by atoms with Gasteiger partial charge in [-0.15, -0.1) is 24.0 Å². The summed E-state index contributed by atoms with van der Waals surface area (Å²) in [6.07, 6.45) is 0. The summed E-state index contributed by atoms with van der Waals surface area (Å²) in [6.45, 7) is 0.575. The Hall–Kier alpha value is -0.580. The van der Waals surface area contributed by atoms with Crippen molar-refractivity contribution in [3.63, 3.8) is 0 Å². The highest BCUT2D eigenvalue weighted by Gasteiger charge is 2.13. The Bertz CT molecular complexity index is 596. The van der Waals surface area contributed by atoms with Gasteiger partial charge in [0.1, 0.15) is 0 Å². The summed E-state index contributed by atoms with van der Waals surface area (Å²) in [4.78, 5) is 8.24. The van der Waals surface area contributed by atoms with E-state index in [2.05, 4.69) is 9.71 Å². The molecule has 0 aliphatic heterocycles. The van der Waals surface area contributed by atoms with Gasteiger partial charge in [-0.2, -0.15) is 0 Å². The molecule has 0 spiro atoms. The second-order valence-corrected chi connectivity index (χ2v) is 7.03. The third-order valence-corrected chi connectivity index (χ3v) is 4.26. The van der Waals surface area contributed by atoms with E-state index in [1.54, 1.807) is 12.1 Å². The van der Waals surface area contributed by atoms with Crippen LogP contribution in [0.15, 0.2) is 34.2 Å². The number of sulfonamides is 1. The number of aliphatic imine (C=N–C) groups is 1. The van der Waals surface area contributed by atoms with Crippen molar-refractivity contribution in [3.8, 4) is 0 Å². The lowest BCUT2D eigenvalue weighted by Crippen LogP contribution is -2.36. The predicted octanol–water partition coefficient (Wildman–Crippen LogP) is 1.72. The van der Waals surface area contributed by atoms with Crippen molar-refractivity contribution in [2.45, 2.75) is 4.90 Å². The van der Waals surface area contributed by atoms with Gasteiger partial charge in [0.05, 0.1) is 11.4 Å². The second-order valence-electron chi connectivity index (χ2n) is 4.83. The largest absolute Gasteiger partial charge is 0.349 e. The highest BCUT2D eigenvalue weighted by atomic mass is 127. The van der Waals surface area contributed by atoms with E-state index >= 15 is 0 Å². The quantitative estimate of drug-likeness (QED) is 0.314. The minimum Gasteiger partial charge on any atom is -0.349 e. The third kappa shape index (κ3) is 6.67. The second kappa shape index (κ2) is 9.53. The Balaban J connectivity index is 0.00000441. The molecule has 0 aliphatic rings. The zero-order valence-corrected chi connectivity index (χ0v) is 17.0. The van der Waals surface area contributed by atoms with E-state index in [9.17, 15) is 8.42 Å². The third-order valence-electron chi connectivity index (χ3n) is 2.56. The number of hydrogen-bond acceptors (Lipinski definition) is 3. The molecule has 0 unspecified atom stereocenters. The summed E-state index contributed by atoms with van der Waals surface area (Å²) in [5.74, 6) is 0.775. The molecule has 9 heteroatoms. The summed E-state index contributed by atoms with van der Waals surface area (Å²) in [6, 6.07) is 6.15. The fraction of sp³-hybridized carbons (Fsp3) is 0.462. The van der Waals surface area contributed by atoms with Gasteiger partial charge in [-0.1, -0.05) is 17.7 Å². The standard InChI is InChI=1S/C13H21ClN4O2S.HI/c1-17(2)13(18(3)4)15-8-9-16-21(19,20)12-7-5-6-11(14)10-12;/h5-7,10,16H,8-9H2,1-4H3;1H. The molecular formula is C13H22ClIN4O2S. The number of nitrogens with one attached hydrogen (secondary N) is 1. The molecule has 126 valence electrons. The van der Waals surface area contributed by atoms with Gasteiger partial charge in [-0.25, -0.2) is 13.1 Å². The normalized spacial score (nSPS) is 10.6. The van der Waals surface area contributed by atoms with Gasteiger partial charge >= 0.3 is 0 Å². The molecule has 0 aliphatic carbocycles. The van der Waals surface area contributed by atoms with Crippen LogP contribution in [-0.2, 0) is 10.0 Å². The molecule has 0 bridgehead atoms. The topological polar surface area (TPSA) is 65.0 Å². The first kappa shape index (κ1) is 21.4. The van der Waals surface area contributed by atoms with Crippen molar-refractivity contribution < 1.29 is 8.42 Å². The number of nitrogens with zero attached hydrogens (tertiary/aromatic N) is 3. The van der Waals surface area contributed by atoms with Gasteiger partial charge in [0.25, 0.3) is 0 Å². The van der Waals surface area contributed by atoms with Crippen molar-refractivity contribution in [3.05, 3.63) is 29.3 Å². The van der Waals surface area contributed by atoms with Gasteiger partial charge in [0.2, 0.25) is 10.0 Å². The van der Waals surface area contributed by atoms with Crippen LogP contribution in [-0.4, -0.2) is 65.5 Å². The molecular weight excluding hydrogens is 439 g/mol. The zero-order valence-electron chi connectivity index (χ0n) is 13.1. The molecule has 0 radical (unpaired) electrons. The summed E-state index contributed by atoms with van der Waals surface area (Å²) in [5.41, 5.74) is 0. The van der Waals surface area contributed by atoms with Crippen molar-refractivity contribution in [1.29, 1.82) is 0 Å². The average Bonchev–Trinajstić information content (AvgIpc) is 2.37. The molecule has 0 amide bonds. The lowest BCUT2D eigenvalue weighted by Gasteiger charge is -2.22. The van der Waals surface area contributed by atoms with E-state index in [1.165, 1.54) is 12.1 Å². The van der Waals surface area contributed by atoms with Crippen molar-refractivity contribution in [2.24, 2.45) is 4.99 Å². The SMILES string of the molecule is CN(C)C(=NCCNS(=O)(=O)c1cccc(Cl)c1)N(C)C.I. The van der Waals surface area contributed by atoms with Gasteiger partial charge < -0.3 is 9.80 Å². The van der Waals surface area contributed by atoms with E-state index < -0.39 is 10.0 Å². The summed E-state index contributed by atoms with van der Waals surface area (Å²) in [5, 5.41) is 0.387. The smallest absolute Gasteiger partial charge is 0.240 e. The van der Waals surface area contributed by atoms with Crippen LogP contribution in [0.1, 0.15) is 0 Å². The number of rotatable bonds is 5. The molecule has 0 atom stereocenters.